The van der Waals surface area contributed by atoms with E-state index >= 15 is 0 Å². The fraction of sp³-hybridized carbons (Fsp3) is 0.800. The topological polar surface area (TPSA) is 49.4 Å². The molecule has 4 fully saturated rings. The van der Waals surface area contributed by atoms with Crippen molar-refractivity contribution < 1.29 is 9.59 Å². The predicted molar refractivity (Wildman–Crippen MR) is 95.3 cm³/mol. The van der Waals surface area contributed by atoms with Gasteiger partial charge in [0.2, 0.25) is 0 Å². The Morgan fingerprint density at radius 3 is 1.83 bits per heavy atom. The van der Waals surface area contributed by atoms with Gasteiger partial charge in [0.15, 0.2) is 5.78 Å². The van der Waals surface area contributed by atoms with E-state index in [1.54, 1.807) is 11.1 Å². The zero-order valence-electron chi connectivity index (χ0n) is 15.8. The van der Waals surface area contributed by atoms with Gasteiger partial charge in [-0.15, -0.1) is 0 Å². The number of carbonyl (C=O) groups is 2. The second-order valence-electron chi connectivity index (χ2n) is 9.74. The maximum atomic E-state index is 13.0. The lowest BCUT2D eigenvalue weighted by Gasteiger charge is -2.57. The van der Waals surface area contributed by atoms with Gasteiger partial charge in [0.1, 0.15) is 0 Å². The Hall–Kier alpha value is -1.32. The Morgan fingerprint density at radius 2 is 1.46 bits per heavy atom. The molecule has 4 heteroatoms. The van der Waals surface area contributed by atoms with E-state index in [9.17, 15) is 9.59 Å². The lowest BCUT2D eigenvalue weighted by atomic mass is 9.53. The van der Waals surface area contributed by atoms with Crippen molar-refractivity contribution in [2.75, 3.05) is 14.1 Å². The van der Waals surface area contributed by atoms with Crippen molar-refractivity contribution >= 4 is 11.7 Å². The van der Waals surface area contributed by atoms with E-state index in [1.807, 2.05) is 34.9 Å². The third-order valence-electron chi connectivity index (χ3n) is 5.97. The maximum Gasteiger partial charge on any atom is 0.256 e. The Kier molecular flexibility index (Phi) is 4.29. The molecule has 4 saturated carbocycles. The first-order chi connectivity index (χ1) is 11.1. The first kappa shape index (κ1) is 17.5. The lowest BCUT2D eigenvalue weighted by molar-refractivity contribution is -0.129. The molecule has 4 nitrogen and oxygen atoms in total. The molecule has 1 N–H and O–H groups in total. The van der Waals surface area contributed by atoms with Crippen molar-refractivity contribution in [2.45, 2.75) is 64.8 Å². The summed E-state index contributed by atoms with van der Waals surface area (Å²) in [7, 11) is 3.71. The number of amides is 1. The number of Topliss-reactive ketones (excluding diaryl/α,β-unsaturated/α-hetero) is 1. The van der Waals surface area contributed by atoms with Gasteiger partial charge in [-0.05, 0) is 56.3 Å². The molecule has 0 atom stereocenters. The van der Waals surface area contributed by atoms with Gasteiger partial charge in [-0.3, -0.25) is 9.59 Å². The summed E-state index contributed by atoms with van der Waals surface area (Å²) in [6.07, 6.45) is 9.02. The molecule has 134 valence electrons. The van der Waals surface area contributed by atoms with Crippen molar-refractivity contribution in [2.24, 2.45) is 23.2 Å². The fourth-order valence-electron chi connectivity index (χ4n) is 5.45. The van der Waals surface area contributed by atoms with Crippen molar-refractivity contribution in [3.63, 3.8) is 0 Å². The molecule has 4 rings (SSSR count). The molecule has 0 aliphatic heterocycles. The quantitative estimate of drug-likeness (QED) is 0.489. The van der Waals surface area contributed by atoms with E-state index in [1.165, 1.54) is 19.3 Å². The third kappa shape index (κ3) is 3.38. The SMILES string of the molecule is CN(C)/C=C(\C(=O)NC12CC3CC(CC(C3)C1)C2)C(=O)C(C)(C)C. The summed E-state index contributed by atoms with van der Waals surface area (Å²) in [5.74, 6) is 2.06. The number of carbonyl (C=O) groups excluding carboxylic acids is 2. The summed E-state index contributed by atoms with van der Waals surface area (Å²) < 4.78 is 0. The molecule has 0 heterocycles. The average molecular weight is 332 g/mol. The molecule has 1 amide bonds. The Labute approximate surface area is 146 Å². The second kappa shape index (κ2) is 5.89. The van der Waals surface area contributed by atoms with Crippen LogP contribution in [0.2, 0.25) is 0 Å². The van der Waals surface area contributed by atoms with Gasteiger partial charge < -0.3 is 10.2 Å². The molecule has 24 heavy (non-hydrogen) atoms. The molecule has 0 aromatic heterocycles. The molecule has 0 saturated heterocycles. The first-order valence-electron chi connectivity index (χ1n) is 9.33. The van der Waals surface area contributed by atoms with Gasteiger partial charge in [0.25, 0.3) is 5.91 Å². The van der Waals surface area contributed by atoms with Crippen LogP contribution < -0.4 is 5.32 Å². The molecular weight excluding hydrogens is 300 g/mol. The monoisotopic (exact) mass is 332 g/mol. The highest BCUT2D eigenvalue weighted by atomic mass is 16.2. The van der Waals surface area contributed by atoms with Crippen LogP contribution in [-0.4, -0.2) is 36.2 Å². The Morgan fingerprint density at radius 1 is 1.00 bits per heavy atom. The maximum absolute atomic E-state index is 13.0. The minimum Gasteiger partial charge on any atom is -0.383 e. The van der Waals surface area contributed by atoms with E-state index in [-0.39, 0.29) is 17.2 Å². The molecular formula is C20H32N2O2. The summed E-state index contributed by atoms with van der Waals surface area (Å²) in [6.45, 7) is 5.62. The molecule has 4 aliphatic carbocycles. The van der Waals surface area contributed by atoms with Crippen LogP contribution >= 0.6 is 0 Å². The summed E-state index contributed by atoms with van der Waals surface area (Å²) in [5, 5.41) is 3.33. The van der Waals surface area contributed by atoms with Crippen LogP contribution in [0.4, 0.5) is 0 Å². The lowest BCUT2D eigenvalue weighted by Crippen LogP contribution is -2.60. The van der Waals surface area contributed by atoms with E-state index < -0.39 is 5.41 Å². The highest BCUT2D eigenvalue weighted by Gasteiger charge is 2.52. The zero-order chi connectivity index (χ0) is 17.7. The van der Waals surface area contributed by atoms with Crippen LogP contribution in [0, 0.1) is 23.2 Å². The number of hydrogen-bond acceptors (Lipinski definition) is 3. The summed E-state index contributed by atoms with van der Waals surface area (Å²) in [5.41, 5.74) is -0.320. The van der Waals surface area contributed by atoms with Crippen LogP contribution in [0.25, 0.3) is 0 Å². The molecule has 0 radical (unpaired) electrons. The van der Waals surface area contributed by atoms with Crippen molar-refractivity contribution in [1.29, 1.82) is 0 Å². The summed E-state index contributed by atoms with van der Waals surface area (Å²) in [4.78, 5) is 27.6. The molecule has 0 aromatic rings. The van der Waals surface area contributed by atoms with Crippen molar-refractivity contribution in [1.82, 2.24) is 10.2 Å². The zero-order valence-corrected chi connectivity index (χ0v) is 15.8. The molecule has 0 unspecified atom stereocenters. The van der Waals surface area contributed by atoms with Gasteiger partial charge in [0, 0.05) is 31.2 Å². The molecule has 0 spiro atoms. The summed E-state index contributed by atoms with van der Waals surface area (Å²) >= 11 is 0. The Bertz CT molecular complexity index is 533. The molecule has 4 aliphatic rings. The van der Waals surface area contributed by atoms with Gasteiger partial charge in [-0.1, -0.05) is 20.8 Å². The highest BCUT2D eigenvalue weighted by Crippen LogP contribution is 2.55. The van der Waals surface area contributed by atoms with E-state index in [0.29, 0.717) is 5.57 Å². The van der Waals surface area contributed by atoms with Crippen LogP contribution in [0.3, 0.4) is 0 Å². The Balaban J connectivity index is 1.80. The minimum atomic E-state index is -0.555. The number of nitrogens with zero attached hydrogens (tertiary/aromatic N) is 1. The average Bonchev–Trinajstić information content (AvgIpc) is 2.40. The molecule has 0 aromatic carbocycles. The predicted octanol–water partition coefficient (Wildman–Crippen LogP) is 3.13. The number of hydrogen-bond donors (Lipinski definition) is 1. The van der Waals surface area contributed by atoms with Gasteiger partial charge in [0.05, 0.1) is 5.57 Å². The van der Waals surface area contributed by atoms with Crippen molar-refractivity contribution in [3.8, 4) is 0 Å². The minimum absolute atomic E-state index is 0.0601. The highest BCUT2D eigenvalue weighted by molar-refractivity contribution is 6.21. The number of nitrogens with one attached hydrogen (secondary N) is 1. The standard InChI is InChI=1S/C20H32N2O2/c1-19(2,3)17(23)16(12-22(4)5)18(24)21-20-9-13-6-14(10-20)8-15(7-13)11-20/h12-15H,6-11H2,1-5H3,(H,21,24)/b16-12-. The van der Waals surface area contributed by atoms with Crippen LogP contribution in [0.15, 0.2) is 11.8 Å². The largest absolute Gasteiger partial charge is 0.383 e. The number of ketones is 1. The third-order valence-corrected chi connectivity index (χ3v) is 5.97. The van der Waals surface area contributed by atoms with Crippen molar-refractivity contribution in [3.05, 3.63) is 11.8 Å². The van der Waals surface area contributed by atoms with Gasteiger partial charge >= 0.3 is 0 Å². The normalized spacial score (nSPS) is 35.0. The smallest absolute Gasteiger partial charge is 0.256 e. The van der Waals surface area contributed by atoms with Crippen LogP contribution in [0.1, 0.15) is 59.3 Å². The van der Waals surface area contributed by atoms with E-state index in [0.717, 1.165) is 37.0 Å². The van der Waals surface area contributed by atoms with Gasteiger partial charge in [-0.25, -0.2) is 0 Å². The molecule has 4 bridgehead atoms. The number of rotatable bonds is 4. The van der Waals surface area contributed by atoms with E-state index in [2.05, 4.69) is 5.32 Å². The van der Waals surface area contributed by atoms with Gasteiger partial charge in [-0.2, -0.15) is 0 Å². The van der Waals surface area contributed by atoms with Crippen LogP contribution in [-0.2, 0) is 9.59 Å². The fourth-order valence-corrected chi connectivity index (χ4v) is 5.45. The first-order valence-corrected chi connectivity index (χ1v) is 9.33. The second-order valence-corrected chi connectivity index (χ2v) is 9.74. The van der Waals surface area contributed by atoms with E-state index in [4.69, 9.17) is 0 Å². The summed E-state index contributed by atoms with van der Waals surface area (Å²) in [6, 6.07) is 0. The van der Waals surface area contributed by atoms with Crippen LogP contribution in [0.5, 0.6) is 0 Å².